The van der Waals surface area contributed by atoms with Crippen molar-refractivity contribution in [3.8, 4) is 0 Å². The molecule has 16 heavy (non-hydrogen) atoms. The van der Waals surface area contributed by atoms with E-state index in [2.05, 4.69) is 37.8 Å². The first-order valence-electron chi connectivity index (χ1n) is 6.71. The first-order valence-corrected chi connectivity index (χ1v) is 7.66. The minimum absolute atomic E-state index is 0.451. The molecule has 0 bridgehead atoms. The zero-order valence-electron chi connectivity index (χ0n) is 11.0. The fourth-order valence-corrected chi connectivity index (χ4v) is 3.39. The molecular formula is C13H27NOS. The van der Waals surface area contributed by atoms with Gasteiger partial charge in [0.05, 0.1) is 6.10 Å². The van der Waals surface area contributed by atoms with Crippen LogP contribution in [0.25, 0.3) is 0 Å². The summed E-state index contributed by atoms with van der Waals surface area (Å²) in [6.07, 6.45) is 5.65. The molecule has 1 saturated heterocycles. The van der Waals surface area contributed by atoms with Gasteiger partial charge in [0.2, 0.25) is 0 Å². The van der Waals surface area contributed by atoms with Crippen LogP contribution in [0.2, 0.25) is 0 Å². The van der Waals surface area contributed by atoms with Crippen molar-refractivity contribution < 1.29 is 4.74 Å². The van der Waals surface area contributed by atoms with E-state index in [1.807, 2.05) is 0 Å². The fourth-order valence-electron chi connectivity index (χ4n) is 2.04. The quantitative estimate of drug-likeness (QED) is 0.664. The van der Waals surface area contributed by atoms with Crippen molar-refractivity contribution >= 4 is 11.8 Å². The van der Waals surface area contributed by atoms with Crippen molar-refractivity contribution in [3.05, 3.63) is 0 Å². The summed E-state index contributed by atoms with van der Waals surface area (Å²) in [7, 11) is 0. The highest BCUT2D eigenvalue weighted by molar-refractivity contribution is 8.00. The van der Waals surface area contributed by atoms with Gasteiger partial charge in [-0.05, 0) is 26.3 Å². The molecule has 0 aromatic heterocycles. The Morgan fingerprint density at radius 2 is 2.25 bits per heavy atom. The van der Waals surface area contributed by atoms with E-state index in [-0.39, 0.29) is 0 Å². The molecule has 2 nitrogen and oxygen atoms in total. The fraction of sp³-hybridized carbons (Fsp3) is 1.00. The smallest absolute Gasteiger partial charge is 0.0666 e. The zero-order chi connectivity index (χ0) is 11.8. The van der Waals surface area contributed by atoms with Gasteiger partial charge in [-0.2, -0.15) is 11.8 Å². The van der Waals surface area contributed by atoms with E-state index < -0.39 is 0 Å². The molecule has 0 amide bonds. The standard InChI is InChI=1S/C13H27NOS/c1-4-5-6-8-14-10-11(2)16-13-7-9-15-12(13)3/h11-14H,4-10H2,1-3H3. The third kappa shape index (κ3) is 5.55. The van der Waals surface area contributed by atoms with E-state index in [0.717, 1.165) is 13.2 Å². The number of unbranched alkanes of at least 4 members (excludes halogenated alkanes) is 2. The van der Waals surface area contributed by atoms with Crippen LogP contribution in [0.1, 0.15) is 46.5 Å². The maximum absolute atomic E-state index is 5.58. The van der Waals surface area contributed by atoms with Crippen LogP contribution >= 0.6 is 11.8 Å². The highest BCUT2D eigenvalue weighted by Gasteiger charge is 2.26. The van der Waals surface area contributed by atoms with Crippen LogP contribution in [-0.4, -0.2) is 36.3 Å². The minimum Gasteiger partial charge on any atom is -0.377 e. The molecule has 0 saturated carbocycles. The molecule has 1 rings (SSSR count). The van der Waals surface area contributed by atoms with Crippen LogP contribution in [0.4, 0.5) is 0 Å². The topological polar surface area (TPSA) is 21.3 Å². The van der Waals surface area contributed by atoms with E-state index >= 15 is 0 Å². The molecule has 1 fully saturated rings. The lowest BCUT2D eigenvalue weighted by atomic mass is 10.2. The lowest BCUT2D eigenvalue weighted by molar-refractivity contribution is 0.127. The molecule has 0 aromatic rings. The summed E-state index contributed by atoms with van der Waals surface area (Å²) in [6, 6.07) is 0. The maximum atomic E-state index is 5.58. The molecule has 3 atom stereocenters. The molecular weight excluding hydrogens is 218 g/mol. The van der Waals surface area contributed by atoms with Crippen LogP contribution in [-0.2, 0) is 4.74 Å². The van der Waals surface area contributed by atoms with Crippen molar-refractivity contribution in [1.29, 1.82) is 0 Å². The zero-order valence-corrected chi connectivity index (χ0v) is 11.8. The van der Waals surface area contributed by atoms with Crippen LogP contribution in [0.3, 0.4) is 0 Å². The molecule has 1 aliphatic heterocycles. The van der Waals surface area contributed by atoms with Crippen LogP contribution in [0.15, 0.2) is 0 Å². The molecule has 0 radical (unpaired) electrons. The minimum atomic E-state index is 0.451. The van der Waals surface area contributed by atoms with Crippen LogP contribution in [0.5, 0.6) is 0 Å². The molecule has 1 aliphatic rings. The molecule has 3 unspecified atom stereocenters. The normalized spacial score (nSPS) is 27.2. The van der Waals surface area contributed by atoms with Gasteiger partial charge in [0, 0.05) is 23.7 Å². The molecule has 3 heteroatoms. The molecule has 1 N–H and O–H groups in total. The summed E-state index contributed by atoms with van der Waals surface area (Å²) in [5, 5.41) is 4.97. The second-order valence-corrected chi connectivity index (χ2v) is 6.44. The lowest BCUT2D eigenvalue weighted by Gasteiger charge is -2.19. The predicted molar refractivity (Wildman–Crippen MR) is 73.3 cm³/mol. The number of nitrogens with one attached hydrogen (secondary N) is 1. The molecule has 96 valence electrons. The Morgan fingerprint density at radius 3 is 2.88 bits per heavy atom. The van der Waals surface area contributed by atoms with Gasteiger partial charge in [0.15, 0.2) is 0 Å². The Bertz CT molecular complexity index is 177. The second-order valence-electron chi connectivity index (χ2n) is 4.76. The van der Waals surface area contributed by atoms with Crippen molar-refractivity contribution in [2.24, 2.45) is 0 Å². The van der Waals surface area contributed by atoms with Crippen molar-refractivity contribution in [3.63, 3.8) is 0 Å². The predicted octanol–water partition coefficient (Wildman–Crippen LogP) is 3.07. The number of thioether (sulfide) groups is 1. The number of hydrogen-bond acceptors (Lipinski definition) is 3. The first kappa shape index (κ1) is 14.3. The summed E-state index contributed by atoms with van der Waals surface area (Å²) in [5.74, 6) is 0. The average Bonchev–Trinajstić information content (AvgIpc) is 2.64. The van der Waals surface area contributed by atoms with Gasteiger partial charge in [-0.25, -0.2) is 0 Å². The van der Waals surface area contributed by atoms with E-state index in [4.69, 9.17) is 4.74 Å². The third-order valence-corrected chi connectivity index (χ3v) is 4.70. The van der Waals surface area contributed by atoms with E-state index in [9.17, 15) is 0 Å². The van der Waals surface area contributed by atoms with Gasteiger partial charge < -0.3 is 10.1 Å². The van der Waals surface area contributed by atoms with Gasteiger partial charge in [0.1, 0.15) is 0 Å². The molecule has 0 aromatic carbocycles. The van der Waals surface area contributed by atoms with Gasteiger partial charge >= 0.3 is 0 Å². The monoisotopic (exact) mass is 245 g/mol. The van der Waals surface area contributed by atoms with Gasteiger partial charge in [-0.3, -0.25) is 0 Å². The Hall–Kier alpha value is 0.270. The summed E-state index contributed by atoms with van der Waals surface area (Å²) in [6.45, 7) is 10.0. The van der Waals surface area contributed by atoms with Gasteiger partial charge in [-0.1, -0.05) is 26.7 Å². The van der Waals surface area contributed by atoms with Crippen LogP contribution in [0, 0.1) is 0 Å². The molecule has 0 spiro atoms. The summed E-state index contributed by atoms with van der Waals surface area (Å²) >= 11 is 2.09. The SMILES string of the molecule is CCCCCNCC(C)SC1CCOC1C. The number of hydrogen-bond donors (Lipinski definition) is 1. The van der Waals surface area contributed by atoms with Crippen molar-refractivity contribution in [1.82, 2.24) is 5.32 Å². The largest absolute Gasteiger partial charge is 0.377 e. The lowest BCUT2D eigenvalue weighted by Crippen LogP contribution is -2.26. The van der Waals surface area contributed by atoms with Gasteiger partial charge in [-0.15, -0.1) is 0 Å². The van der Waals surface area contributed by atoms with E-state index in [1.165, 1.54) is 32.2 Å². The Balaban J connectivity index is 1.99. The molecule has 1 heterocycles. The van der Waals surface area contributed by atoms with Crippen molar-refractivity contribution in [2.75, 3.05) is 19.7 Å². The summed E-state index contributed by atoms with van der Waals surface area (Å²) < 4.78 is 5.58. The second kappa shape index (κ2) is 8.37. The number of rotatable bonds is 8. The van der Waals surface area contributed by atoms with Gasteiger partial charge in [0.25, 0.3) is 0 Å². The van der Waals surface area contributed by atoms with E-state index in [1.54, 1.807) is 0 Å². The summed E-state index contributed by atoms with van der Waals surface area (Å²) in [5.41, 5.74) is 0. The number of ether oxygens (including phenoxy) is 1. The first-order chi connectivity index (χ1) is 7.74. The third-order valence-electron chi connectivity index (χ3n) is 3.10. The summed E-state index contributed by atoms with van der Waals surface area (Å²) in [4.78, 5) is 0. The van der Waals surface area contributed by atoms with E-state index in [0.29, 0.717) is 16.6 Å². The highest BCUT2D eigenvalue weighted by atomic mass is 32.2. The highest BCUT2D eigenvalue weighted by Crippen LogP contribution is 2.29. The Morgan fingerprint density at radius 1 is 1.44 bits per heavy atom. The average molecular weight is 245 g/mol. The Kier molecular flexibility index (Phi) is 7.50. The Labute approximate surface area is 105 Å². The maximum Gasteiger partial charge on any atom is 0.0666 e. The van der Waals surface area contributed by atoms with Crippen LogP contribution < -0.4 is 5.32 Å². The van der Waals surface area contributed by atoms with Crippen molar-refractivity contribution in [2.45, 2.75) is 63.1 Å². The molecule has 0 aliphatic carbocycles.